The first-order valence-corrected chi connectivity index (χ1v) is 18.3. The van der Waals surface area contributed by atoms with Crippen molar-refractivity contribution in [1.82, 2.24) is 14.9 Å². The monoisotopic (exact) mass is 697 g/mol. The van der Waals surface area contributed by atoms with E-state index in [9.17, 15) is 13.2 Å². The highest BCUT2D eigenvalue weighted by molar-refractivity contribution is 7.86. The van der Waals surface area contributed by atoms with Crippen molar-refractivity contribution in [2.24, 2.45) is 0 Å². The molecule has 9 heteroatoms. The maximum atomic E-state index is 13.5. The van der Waals surface area contributed by atoms with Crippen molar-refractivity contribution in [1.29, 1.82) is 0 Å². The lowest BCUT2D eigenvalue weighted by atomic mass is 9.76. The van der Waals surface area contributed by atoms with Crippen LogP contribution >= 0.6 is 0 Å². The number of imidazole rings is 1. The summed E-state index contributed by atoms with van der Waals surface area (Å²) >= 11 is 0. The van der Waals surface area contributed by atoms with Gasteiger partial charge >= 0.3 is 5.97 Å². The number of nitrogens with zero attached hydrogens (tertiary/aromatic N) is 2. The summed E-state index contributed by atoms with van der Waals surface area (Å²) < 4.78 is 39.6. The van der Waals surface area contributed by atoms with E-state index in [4.69, 9.17) is 13.9 Å². The SMILES string of the molecule is COC(=O)[C@]1(Cc2cn(C(c3ccccc3)(c3ccccc3)c3ccccc3)c(CCOS(=O)(=O)c3ccc(C)cc3)n2)NC1c1ccccc1. The number of hydrogen-bond donors (Lipinski definition) is 1. The lowest BCUT2D eigenvalue weighted by Gasteiger charge is -2.38. The molecule has 51 heavy (non-hydrogen) atoms. The van der Waals surface area contributed by atoms with E-state index in [0.29, 0.717) is 11.5 Å². The number of hydrogen-bond acceptors (Lipinski definition) is 7. The fourth-order valence-electron chi connectivity index (χ4n) is 7.09. The third-order valence-corrected chi connectivity index (χ3v) is 10.9. The smallest absolute Gasteiger partial charge is 0.328 e. The third-order valence-electron chi connectivity index (χ3n) is 9.59. The van der Waals surface area contributed by atoms with Crippen LogP contribution in [-0.4, -0.2) is 43.2 Å². The molecule has 1 saturated heterocycles. The quantitative estimate of drug-likeness (QED) is 0.0614. The van der Waals surface area contributed by atoms with Gasteiger partial charge in [-0.2, -0.15) is 8.42 Å². The normalized spacial score (nSPS) is 17.2. The molecule has 0 spiro atoms. The fraction of sp³-hybridized carbons (Fsp3) is 0.190. The molecule has 2 atom stereocenters. The minimum Gasteiger partial charge on any atom is -0.468 e. The molecule has 258 valence electrons. The number of aryl methyl sites for hydroxylation is 1. The molecule has 7 rings (SSSR count). The Morgan fingerprint density at radius 3 is 1.80 bits per heavy atom. The van der Waals surface area contributed by atoms with Crippen LogP contribution in [0.15, 0.2) is 157 Å². The van der Waals surface area contributed by atoms with Gasteiger partial charge in [-0.05, 0) is 41.3 Å². The Morgan fingerprint density at radius 2 is 1.29 bits per heavy atom. The molecule has 6 aromatic rings. The molecule has 0 amide bonds. The summed E-state index contributed by atoms with van der Waals surface area (Å²) in [5, 5.41) is 3.42. The lowest BCUT2D eigenvalue weighted by molar-refractivity contribution is -0.143. The predicted octanol–water partition coefficient (Wildman–Crippen LogP) is 6.78. The summed E-state index contributed by atoms with van der Waals surface area (Å²) in [4.78, 5) is 18.7. The van der Waals surface area contributed by atoms with Crippen LogP contribution in [0.3, 0.4) is 0 Å². The Hall–Kier alpha value is -5.35. The van der Waals surface area contributed by atoms with Gasteiger partial charge in [-0.3, -0.25) is 9.50 Å². The van der Waals surface area contributed by atoms with Crippen LogP contribution in [0.4, 0.5) is 0 Å². The van der Waals surface area contributed by atoms with Gasteiger partial charge in [0.1, 0.15) is 16.9 Å². The molecule has 1 N–H and O–H groups in total. The second-order valence-corrected chi connectivity index (χ2v) is 14.4. The number of benzene rings is 5. The van der Waals surface area contributed by atoms with Crippen molar-refractivity contribution in [2.75, 3.05) is 13.7 Å². The summed E-state index contributed by atoms with van der Waals surface area (Å²) in [7, 11) is -2.63. The van der Waals surface area contributed by atoms with Crippen LogP contribution in [0.1, 0.15) is 45.4 Å². The van der Waals surface area contributed by atoms with Gasteiger partial charge in [0, 0.05) is 19.0 Å². The molecule has 8 nitrogen and oxygen atoms in total. The van der Waals surface area contributed by atoms with Crippen molar-refractivity contribution in [3.8, 4) is 0 Å². The molecule has 1 unspecified atom stereocenters. The highest BCUT2D eigenvalue weighted by atomic mass is 32.2. The summed E-state index contributed by atoms with van der Waals surface area (Å²) in [6, 6.07) is 46.7. The van der Waals surface area contributed by atoms with E-state index in [1.807, 2.05) is 98.0 Å². The minimum absolute atomic E-state index is 0.0936. The molecular formula is C42H39N3O5S. The molecule has 1 fully saturated rings. The number of rotatable bonds is 13. The topological polar surface area (TPSA) is 109 Å². The molecule has 1 aromatic heterocycles. The van der Waals surface area contributed by atoms with E-state index < -0.39 is 21.2 Å². The standard InChI is InChI=1S/C42H39N3O5S/c1-31-23-25-37(26-24-31)51(47,48)50-28-27-38-43-36(29-41(40(46)49-2)39(44-41)32-15-7-3-8-16-32)30-45(38)42(33-17-9-4-10-18-33,34-19-11-5-12-20-34)35-21-13-6-14-22-35/h3-26,30,39,44H,27-29H2,1-2H3/t39?,41-/m1/s1. The first-order valence-electron chi connectivity index (χ1n) is 16.9. The molecule has 0 saturated carbocycles. The van der Waals surface area contributed by atoms with Crippen molar-refractivity contribution < 1.29 is 22.1 Å². The molecule has 2 heterocycles. The lowest BCUT2D eigenvalue weighted by Crippen LogP contribution is -2.38. The number of methoxy groups -OCH3 is 1. The highest BCUT2D eigenvalue weighted by Crippen LogP contribution is 2.46. The van der Waals surface area contributed by atoms with Crippen LogP contribution in [0.2, 0.25) is 0 Å². The van der Waals surface area contributed by atoms with Crippen LogP contribution in [0, 0.1) is 6.92 Å². The average molecular weight is 698 g/mol. The zero-order valence-electron chi connectivity index (χ0n) is 28.5. The molecule has 0 aliphatic carbocycles. The van der Waals surface area contributed by atoms with E-state index in [-0.39, 0.29) is 36.4 Å². The number of nitrogens with one attached hydrogen (secondary N) is 1. The van der Waals surface area contributed by atoms with E-state index in [1.54, 1.807) is 24.3 Å². The van der Waals surface area contributed by atoms with Crippen molar-refractivity contribution in [2.45, 2.75) is 41.8 Å². The number of ether oxygens (including phenoxy) is 1. The zero-order chi connectivity index (χ0) is 35.5. The number of aromatic nitrogens is 2. The van der Waals surface area contributed by atoms with Crippen LogP contribution in [-0.2, 0) is 42.2 Å². The zero-order valence-corrected chi connectivity index (χ0v) is 29.3. The van der Waals surface area contributed by atoms with Gasteiger partial charge in [0.25, 0.3) is 10.1 Å². The third kappa shape index (κ3) is 6.52. The van der Waals surface area contributed by atoms with Gasteiger partial charge in [0.2, 0.25) is 0 Å². The first-order chi connectivity index (χ1) is 24.8. The van der Waals surface area contributed by atoms with Gasteiger partial charge in [-0.25, -0.2) is 9.78 Å². The Labute approximate surface area is 298 Å². The van der Waals surface area contributed by atoms with Gasteiger partial charge in [-0.1, -0.05) is 139 Å². The van der Waals surface area contributed by atoms with E-state index in [2.05, 4.69) is 46.3 Å². The maximum Gasteiger partial charge on any atom is 0.328 e. The van der Waals surface area contributed by atoms with Crippen LogP contribution < -0.4 is 5.32 Å². The molecule has 0 bridgehead atoms. The molecular weight excluding hydrogens is 659 g/mol. The number of carbonyl (C=O) groups is 1. The summed E-state index contributed by atoms with van der Waals surface area (Å²) in [6.45, 7) is 1.75. The predicted molar refractivity (Wildman–Crippen MR) is 196 cm³/mol. The second kappa shape index (κ2) is 14.1. The molecule has 1 aliphatic heterocycles. The Balaban J connectivity index is 1.37. The van der Waals surface area contributed by atoms with E-state index in [1.165, 1.54) is 7.11 Å². The van der Waals surface area contributed by atoms with Crippen molar-refractivity contribution in [3.63, 3.8) is 0 Å². The highest BCUT2D eigenvalue weighted by Gasteiger charge is 2.61. The van der Waals surface area contributed by atoms with E-state index in [0.717, 1.165) is 27.8 Å². The second-order valence-electron chi connectivity index (χ2n) is 12.8. The largest absolute Gasteiger partial charge is 0.468 e. The summed E-state index contributed by atoms with van der Waals surface area (Å²) in [5.74, 6) is 0.220. The average Bonchev–Trinajstić information content (AvgIpc) is 3.77. The Kier molecular flexibility index (Phi) is 9.44. The summed E-state index contributed by atoms with van der Waals surface area (Å²) in [5.41, 5.74) is 3.58. The molecule has 0 radical (unpaired) electrons. The fourth-order valence-corrected chi connectivity index (χ4v) is 8.00. The minimum atomic E-state index is -4.02. The summed E-state index contributed by atoms with van der Waals surface area (Å²) in [6.07, 6.45) is 2.40. The Bertz CT molecular complexity index is 2110. The van der Waals surface area contributed by atoms with Gasteiger partial charge in [-0.15, -0.1) is 0 Å². The Morgan fingerprint density at radius 1 is 0.784 bits per heavy atom. The van der Waals surface area contributed by atoms with Gasteiger partial charge < -0.3 is 9.30 Å². The van der Waals surface area contributed by atoms with Crippen molar-refractivity contribution >= 4 is 16.1 Å². The van der Waals surface area contributed by atoms with Crippen LogP contribution in [0.5, 0.6) is 0 Å². The van der Waals surface area contributed by atoms with E-state index >= 15 is 0 Å². The first kappa shape index (κ1) is 34.1. The molecule has 5 aromatic carbocycles. The van der Waals surface area contributed by atoms with Crippen molar-refractivity contribution in [3.05, 3.63) is 191 Å². The number of esters is 1. The number of carbonyl (C=O) groups excluding carboxylic acids is 1. The van der Waals surface area contributed by atoms with Gasteiger partial charge in [0.15, 0.2) is 0 Å². The van der Waals surface area contributed by atoms with Gasteiger partial charge in [0.05, 0.1) is 30.3 Å². The van der Waals surface area contributed by atoms with Crippen LogP contribution in [0.25, 0.3) is 0 Å². The molecule has 1 aliphatic rings. The maximum absolute atomic E-state index is 13.5.